The Bertz CT molecular complexity index is 1060. The van der Waals surface area contributed by atoms with Crippen molar-refractivity contribution in [1.29, 1.82) is 0 Å². The average Bonchev–Trinajstić information content (AvgIpc) is 3.26. The maximum Gasteiger partial charge on any atom is 0.248 e. The molecule has 0 atom stereocenters. The van der Waals surface area contributed by atoms with Crippen LogP contribution in [0.4, 0.5) is 5.69 Å². The first-order valence-electron chi connectivity index (χ1n) is 10.6. The predicted molar refractivity (Wildman–Crippen MR) is 134 cm³/mol. The molecule has 2 N–H and O–H groups in total. The Morgan fingerprint density at radius 1 is 1.16 bits per heavy atom. The number of primary amides is 1. The van der Waals surface area contributed by atoms with Crippen LogP contribution in [0.5, 0.6) is 11.5 Å². The van der Waals surface area contributed by atoms with Gasteiger partial charge in [0.1, 0.15) is 0 Å². The van der Waals surface area contributed by atoms with E-state index in [-0.39, 0.29) is 12.4 Å². The Morgan fingerprint density at radius 2 is 1.94 bits per heavy atom. The van der Waals surface area contributed by atoms with Crippen LogP contribution in [-0.2, 0) is 0 Å². The lowest BCUT2D eigenvalue weighted by molar-refractivity contribution is 0.0999. The first kappa shape index (κ1) is 24.2. The van der Waals surface area contributed by atoms with Crippen LogP contribution < -0.4 is 20.1 Å². The minimum Gasteiger partial charge on any atom is -0.493 e. The normalized spacial score (nSPS) is 14.2. The molecule has 2 heterocycles. The number of carbonyl (C=O) groups is 1. The number of nitrogens with two attached hydrogens (primary N) is 1. The maximum absolute atomic E-state index is 11.4. The highest BCUT2D eigenvalue weighted by Gasteiger charge is 2.19. The number of aryl methyl sites for hydroxylation is 1. The number of ether oxygens (including phenoxy) is 2. The molecule has 1 aromatic heterocycles. The van der Waals surface area contributed by atoms with Crippen molar-refractivity contribution in [3.8, 4) is 11.5 Å². The lowest BCUT2D eigenvalue weighted by Crippen LogP contribution is -2.46. The van der Waals surface area contributed by atoms with Gasteiger partial charge < -0.3 is 20.1 Å². The fraction of sp³-hybridized carbons (Fsp3) is 0.375. The Balaban J connectivity index is 0.00000289. The zero-order valence-electron chi connectivity index (χ0n) is 18.5. The van der Waals surface area contributed by atoms with Gasteiger partial charge >= 0.3 is 0 Å². The van der Waals surface area contributed by atoms with E-state index >= 15 is 0 Å². The van der Waals surface area contributed by atoms with Crippen LogP contribution in [0, 0.1) is 6.92 Å². The van der Waals surface area contributed by atoms with Gasteiger partial charge in [0.2, 0.25) is 5.91 Å². The summed E-state index contributed by atoms with van der Waals surface area (Å²) in [5.74, 6) is 0.758. The van der Waals surface area contributed by atoms with E-state index in [9.17, 15) is 4.79 Å². The number of rotatable bonds is 8. The van der Waals surface area contributed by atoms with Crippen LogP contribution in [0.2, 0.25) is 0 Å². The van der Waals surface area contributed by atoms with Crippen molar-refractivity contribution in [2.24, 2.45) is 5.73 Å². The second-order valence-electron chi connectivity index (χ2n) is 7.83. The third kappa shape index (κ3) is 5.28. The van der Waals surface area contributed by atoms with Gasteiger partial charge in [-0.15, -0.1) is 23.7 Å². The summed E-state index contributed by atoms with van der Waals surface area (Å²) in [5.41, 5.74) is 8.02. The van der Waals surface area contributed by atoms with Crippen molar-refractivity contribution in [1.82, 2.24) is 4.90 Å². The highest BCUT2D eigenvalue weighted by atomic mass is 35.5. The van der Waals surface area contributed by atoms with Gasteiger partial charge in [0.25, 0.3) is 0 Å². The zero-order chi connectivity index (χ0) is 21.8. The molecule has 0 saturated carbocycles. The molecule has 172 valence electrons. The Hall–Kier alpha value is -2.48. The highest BCUT2D eigenvalue weighted by molar-refractivity contribution is 7.17. The van der Waals surface area contributed by atoms with Gasteiger partial charge in [0.05, 0.1) is 13.7 Å². The fourth-order valence-electron chi connectivity index (χ4n) is 4.15. The number of piperazine rings is 1. The van der Waals surface area contributed by atoms with E-state index in [1.165, 1.54) is 15.8 Å². The van der Waals surface area contributed by atoms with E-state index in [2.05, 4.69) is 39.4 Å². The van der Waals surface area contributed by atoms with Crippen molar-refractivity contribution in [2.45, 2.75) is 13.3 Å². The predicted octanol–water partition coefficient (Wildman–Crippen LogP) is 4.33. The van der Waals surface area contributed by atoms with E-state index < -0.39 is 5.91 Å². The largest absolute Gasteiger partial charge is 0.493 e. The second kappa shape index (κ2) is 10.9. The molecule has 0 aliphatic carbocycles. The van der Waals surface area contributed by atoms with E-state index in [4.69, 9.17) is 15.2 Å². The molecule has 0 unspecified atom stereocenters. The van der Waals surface area contributed by atoms with Gasteiger partial charge in [-0.25, -0.2) is 0 Å². The van der Waals surface area contributed by atoms with Crippen molar-refractivity contribution >= 4 is 45.4 Å². The topological polar surface area (TPSA) is 68.0 Å². The molecule has 2 aromatic carbocycles. The third-order valence-electron chi connectivity index (χ3n) is 5.80. The molecule has 1 fully saturated rings. The minimum atomic E-state index is -0.470. The average molecular weight is 476 g/mol. The first-order valence-corrected chi connectivity index (χ1v) is 11.5. The molecule has 0 bridgehead atoms. The van der Waals surface area contributed by atoms with Gasteiger partial charge in [-0.05, 0) is 54.6 Å². The van der Waals surface area contributed by atoms with Crippen LogP contribution in [0.1, 0.15) is 22.3 Å². The lowest BCUT2D eigenvalue weighted by Gasteiger charge is -2.36. The molecular weight excluding hydrogens is 446 g/mol. The number of hydrogen-bond acceptors (Lipinski definition) is 6. The van der Waals surface area contributed by atoms with E-state index in [1.807, 2.05) is 6.92 Å². The van der Waals surface area contributed by atoms with Crippen LogP contribution in [0.15, 0.2) is 41.8 Å². The number of carbonyl (C=O) groups excluding carboxylic acids is 1. The number of benzene rings is 2. The quantitative estimate of drug-likeness (QED) is 0.491. The molecule has 0 spiro atoms. The van der Waals surface area contributed by atoms with Crippen molar-refractivity contribution in [3.63, 3.8) is 0 Å². The monoisotopic (exact) mass is 475 g/mol. The highest BCUT2D eigenvalue weighted by Crippen LogP contribution is 2.33. The van der Waals surface area contributed by atoms with Gasteiger partial charge in [-0.2, -0.15) is 0 Å². The number of hydrogen-bond donors (Lipinski definition) is 1. The molecule has 8 heteroatoms. The van der Waals surface area contributed by atoms with Gasteiger partial charge in [-0.1, -0.05) is 6.07 Å². The van der Waals surface area contributed by atoms with Crippen LogP contribution in [0.25, 0.3) is 10.1 Å². The molecule has 3 aromatic rings. The maximum atomic E-state index is 11.4. The number of thiophene rings is 1. The molecule has 32 heavy (non-hydrogen) atoms. The summed E-state index contributed by atoms with van der Waals surface area (Å²) >= 11 is 1.80. The molecule has 1 amide bonds. The van der Waals surface area contributed by atoms with Gasteiger partial charge in [-0.3, -0.25) is 9.69 Å². The summed E-state index contributed by atoms with van der Waals surface area (Å²) in [6.45, 7) is 7.68. The molecule has 6 nitrogen and oxygen atoms in total. The smallest absolute Gasteiger partial charge is 0.248 e. The van der Waals surface area contributed by atoms with Crippen LogP contribution in [0.3, 0.4) is 0 Å². The Labute approximate surface area is 199 Å². The molecular formula is C24H30ClN3O3S. The van der Waals surface area contributed by atoms with E-state index in [0.29, 0.717) is 23.7 Å². The Morgan fingerprint density at radius 3 is 2.66 bits per heavy atom. The van der Waals surface area contributed by atoms with E-state index in [1.54, 1.807) is 30.6 Å². The molecule has 1 aliphatic rings. The number of fused-ring (bicyclic) bond motifs is 1. The number of halogens is 1. The van der Waals surface area contributed by atoms with E-state index in [0.717, 1.165) is 44.7 Å². The summed E-state index contributed by atoms with van der Waals surface area (Å²) in [6.07, 6.45) is 0.931. The van der Waals surface area contributed by atoms with Gasteiger partial charge in [0.15, 0.2) is 11.5 Å². The summed E-state index contributed by atoms with van der Waals surface area (Å²) in [7, 11) is 1.57. The molecule has 1 aliphatic heterocycles. The summed E-state index contributed by atoms with van der Waals surface area (Å²) in [4.78, 5) is 16.4. The minimum absolute atomic E-state index is 0. The van der Waals surface area contributed by atoms with Crippen molar-refractivity contribution in [2.75, 3.05) is 51.3 Å². The third-order valence-corrected chi connectivity index (χ3v) is 6.68. The summed E-state index contributed by atoms with van der Waals surface area (Å²) in [6, 6.07) is 12.2. The summed E-state index contributed by atoms with van der Waals surface area (Å²) < 4.78 is 12.7. The fourth-order valence-corrected chi connectivity index (χ4v) is 4.96. The number of anilines is 1. The first-order chi connectivity index (χ1) is 15.1. The van der Waals surface area contributed by atoms with Crippen molar-refractivity contribution < 1.29 is 14.3 Å². The second-order valence-corrected chi connectivity index (χ2v) is 8.78. The standard InChI is InChI=1S/C24H29N3O3S.ClH/c1-17-15-18(24(25)28)16-21(29-2)23(17)30-13-4-8-26-9-11-27(12-10-26)20-5-3-6-22-19(20)7-14-31-22;/h3,5-7,14-16H,4,8-13H2,1-2H3,(H2,25,28);1H. The van der Waals surface area contributed by atoms with Crippen molar-refractivity contribution in [3.05, 3.63) is 52.9 Å². The zero-order valence-corrected chi connectivity index (χ0v) is 20.1. The van der Waals surface area contributed by atoms with Crippen LogP contribution >= 0.6 is 23.7 Å². The molecule has 0 radical (unpaired) electrons. The molecule has 4 rings (SSSR count). The van der Waals surface area contributed by atoms with Crippen LogP contribution in [-0.4, -0.2) is 57.2 Å². The SMILES string of the molecule is COc1cc(C(N)=O)cc(C)c1OCCCN1CCN(c2cccc3sccc23)CC1.Cl. The number of nitrogens with zero attached hydrogens (tertiary/aromatic N) is 2. The molecule has 1 saturated heterocycles. The number of amides is 1. The lowest BCUT2D eigenvalue weighted by atomic mass is 10.1. The number of methoxy groups -OCH3 is 1. The summed E-state index contributed by atoms with van der Waals surface area (Å²) in [5, 5.41) is 3.53. The Kier molecular flexibility index (Phi) is 8.23. The van der Waals surface area contributed by atoms with Gasteiger partial charge in [0, 0.05) is 54.1 Å².